The van der Waals surface area contributed by atoms with E-state index in [2.05, 4.69) is 40.9 Å². The molecule has 3 atom stereocenters. The standard InChI is InChI=1S/C18H23NO2S/c1-22(2,3)9-7-13-10-14-12-18(15(13)11-17(20)21-18)16-6-4-5-8-19(14)16/h10-11,14,16H,4-6,8,12H2,1-3H3/t14-,16-,18+/m1/s1. The van der Waals surface area contributed by atoms with E-state index in [0.29, 0.717) is 12.1 Å². The molecule has 22 heavy (non-hydrogen) atoms. The minimum absolute atomic E-state index is 0.182. The molecule has 1 aliphatic carbocycles. The first-order valence-corrected chi connectivity index (χ1v) is 10.9. The highest BCUT2D eigenvalue weighted by Crippen LogP contribution is 2.53. The van der Waals surface area contributed by atoms with Gasteiger partial charge in [0.15, 0.2) is 5.60 Å². The second kappa shape index (κ2) is 4.66. The van der Waals surface area contributed by atoms with Gasteiger partial charge in [0.25, 0.3) is 0 Å². The number of hydrogen-bond acceptors (Lipinski definition) is 3. The molecule has 3 aliphatic heterocycles. The molecule has 4 rings (SSSR count). The molecule has 0 unspecified atom stereocenters. The predicted molar refractivity (Wildman–Crippen MR) is 90.9 cm³/mol. The van der Waals surface area contributed by atoms with Gasteiger partial charge in [-0.15, -0.1) is 0 Å². The Bertz CT molecular complexity index is 661. The highest BCUT2D eigenvalue weighted by Gasteiger charge is 2.61. The van der Waals surface area contributed by atoms with Crippen molar-refractivity contribution >= 4 is 16.0 Å². The van der Waals surface area contributed by atoms with Crippen molar-refractivity contribution in [2.24, 2.45) is 0 Å². The lowest BCUT2D eigenvalue weighted by Crippen LogP contribution is -2.48. The van der Waals surface area contributed by atoms with Crippen molar-refractivity contribution in [1.82, 2.24) is 4.90 Å². The van der Waals surface area contributed by atoms with E-state index < -0.39 is 15.6 Å². The van der Waals surface area contributed by atoms with Crippen molar-refractivity contribution in [3.05, 3.63) is 23.3 Å². The Kier molecular flexibility index (Phi) is 3.05. The fourth-order valence-electron chi connectivity index (χ4n) is 4.38. The molecular weight excluding hydrogens is 294 g/mol. The number of piperidine rings is 1. The topological polar surface area (TPSA) is 29.5 Å². The molecule has 0 aromatic carbocycles. The summed E-state index contributed by atoms with van der Waals surface area (Å²) in [6.07, 6.45) is 15.1. The summed E-state index contributed by atoms with van der Waals surface area (Å²) in [7, 11) is -0.877. The van der Waals surface area contributed by atoms with Crippen LogP contribution in [0.3, 0.4) is 0 Å². The van der Waals surface area contributed by atoms with Gasteiger partial charge in [-0.3, -0.25) is 4.90 Å². The lowest BCUT2D eigenvalue weighted by molar-refractivity contribution is -0.148. The Morgan fingerprint density at radius 3 is 2.95 bits per heavy atom. The smallest absolute Gasteiger partial charge is 0.332 e. The molecule has 0 aromatic rings. The number of hydrogen-bond donors (Lipinski definition) is 0. The van der Waals surface area contributed by atoms with Crippen LogP contribution in [-0.4, -0.2) is 53.9 Å². The third-order valence-electron chi connectivity index (χ3n) is 5.16. The summed E-state index contributed by atoms with van der Waals surface area (Å²) in [6, 6.07) is 0.731. The van der Waals surface area contributed by atoms with Crippen LogP contribution in [0, 0.1) is 11.2 Å². The normalized spacial score (nSPS) is 37.3. The molecule has 2 fully saturated rings. The number of fused-ring (bicyclic) bond motifs is 3. The first-order valence-electron chi connectivity index (χ1n) is 8.03. The van der Waals surface area contributed by atoms with Gasteiger partial charge in [0.1, 0.15) is 0 Å². The molecule has 0 saturated carbocycles. The lowest BCUT2D eigenvalue weighted by Gasteiger charge is -2.38. The predicted octanol–water partition coefficient (Wildman–Crippen LogP) is 2.43. The van der Waals surface area contributed by atoms with Crippen LogP contribution >= 0.6 is 10.0 Å². The van der Waals surface area contributed by atoms with Gasteiger partial charge in [-0.1, -0.05) is 18.4 Å². The van der Waals surface area contributed by atoms with Crippen molar-refractivity contribution in [2.45, 2.75) is 43.4 Å². The van der Waals surface area contributed by atoms with Crippen LogP contribution in [0.4, 0.5) is 0 Å². The monoisotopic (exact) mass is 317 g/mol. The van der Waals surface area contributed by atoms with Gasteiger partial charge in [0, 0.05) is 29.7 Å². The van der Waals surface area contributed by atoms with Crippen LogP contribution in [0.15, 0.2) is 23.3 Å². The highest BCUT2D eigenvalue weighted by molar-refractivity contribution is 8.35. The maximum absolute atomic E-state index is 12.0. The van der Waals surface area contributed by atoms with E-state index in [1.54, 1.807) is 6.08 Å². The first kappa shape index (κ1) is 14.4. The fourth-order valence-corrected chi connectivity index (χ4v) is 4.79. The molecular formula is C18H23NO2S. The second-order valence-electron chi connectivity index (χ2n) is 7.53. The van der Waals surface area contributed by atoms with Crippen molar-refractivity contribution in [2.75, 3.05) is 25.3 Å². The van der Waals surface area contributed by atoms with Gasteiger partial charge in [-0.25, -0.2) is 4.79 Å². The molecule has 0 N–H and O–H groups in total. The number of rotatable bonds is 0. The SMILES string of the molecule is CS(C)(C)C#CC1=C[C@@H]2C[C@@]3(OC(=O)C=C13)[C@H]1CCCCN21. The quantitative estimate of drug-likeness (QED) is 0.508. The van der Waals surface area contributed by atoms with Crippen LogP contribution in [0.1, 0.15) is 25.7 Å². The van der Waals surface area contributed by atoms with Gasteiger partial charge >= 0.3 is 5.97 Å². The van der Waals surface area contributed by atoms with Crippen LogP contribution in [-0.2, 0) is 9.53 Å². The maximum Gasteiger partial charge on any atom is 0.332 e. The van der Waals surface area contributed by atoms with Crippen LogP contribution in [0.5, 0.6) is 0 Å². The zero-order valence-electron chi connectivity index (χ0n) is 13.5. The molecule has 3 heterocycles. The summed E-state index contributed by atoms with van der Waals surface area (Å²) in [5.74, 6) is 3.20. The summed E-state index contributed by atoms with van der Waals surface area (Å²) in [4.78, 5) is 14.6. The third kappa shape index (κ3) is 2.06. The van der Waals surface area contributed by atoms with E-state index in [1.807, 2.05) is 0 Å². The van der Waals surface area contributed by atoms with Gasteiger partial charge in [0.05, 0.1) is 6.04 Å². The summed E-state index contributed by atoms with van der Waals surface area (Å²) >= 11 is 0. The van der Waals surface area contributed by atoms with E-state index in [-0.39, 0.29) is 5.97 Å². The molecule has 4 heteroatoms. The summed E-state index contributed by atoms with van der Waals surface area (Å²) in [5.41, 5.74) is 1.69. The number of carbonyl (C=O) groups excluding carboxylic acids is 1. The molecule has 2 bridgehead atoms. The first-order chi connectivity index (χ1) is 10.4. The average Bonchev–Trinajstić information content (AvgIpc) is 2.92. The Morgan fingerprint density at radius 2 is 2.18 bits per heavy atom. The molecule has 2 saturated heterocycles. The Hall–Kier alpha value is -1.18. The molecule has 3 nitrogen and oxygen atoms in total. The zero-order valence-corrected chi connectivity index (χ0v) is 14.3. The van der Waals surface area contributed by atoms with E-state index in [0.717, 1.165) is 30.5 Å². The van der Waals surface area contributed by atoms with Gasteiger partial charge in [-0.2, -0.15) is 10.0 Å². The van der Waals surface area contributed by atoms with E-state index >= 15 is 0 Å². The fraction of sp³-hybridized carbons (Fsp3) is 0.611. The van der Waals surface area contributed by atoms with Crippen molar-refractivity contribution in [1.29, 1.82) is 0 Å². The van der Waals surface area contributed by atoms with Gasteiger partial charge in [0.2, 0.25) is 0 Å². The van der Waals surface area contributed by atoms with E-state index in [1.165, 1.54) is 12.8 Å². The minimum atomic E-state index is -0.877. The summed E-state index contributed by atoms with van der Waals surface area (Å²) < 4.78 is 5.90. The Labute approximate surface area is 134 Å². The largest absolute Gasteiger partial charge is 0.449 e. The zero-order chi connectivity index (χ0) is 15.5. The van der Waals surface area contributed by atoms with E-state index in [9.17, 15) is 4.79 Å². The molecule has 4 aliphatic rings. The van der Waals surface area contributed by atoms with Crippen molar-refractivity contribution < 1.29 is 9.53 Å². The lowest BCUT2D eigenvalue weighted by atomic mass is 9.77. The summed E-state index contributed by atoms with van der Waals surface area (Å²) in [6.45, 7) is 1.11. The van der Waals surface area contributed by atoms with Gasteiger partial charge < -0.3 is 4.74 Å². The highest BCUT2D eigenvalue weighted by atomic mass is 32.3. The Morgan fingerprint density at radius 1 is 1.36 bits per heavy atom. The minimum Gasteiger partial charge on any atom is -0.449 e. The van der Waals surface area contributed by atoms with Crippen LogP contribution in [0.25, 0.3) is 0 Å². The Balaban J connectivity index is 1.80. The number of esters is 1. The van der Waals surface area contributed by atoms with Crippen LogP contribution < -0.4 is 0 Å². The molecule has 0 amide bonds. The van der Waals surface area contributed by atoms with Crippen molar-refractivity contribution in [3.63, 3.8) is 0 Å². The van der Waals surface area contributed by atoms with Crippen LogP contribution in [0.2, 0.25) is 0 Å². The average molecular weight is 317 g/mol. The van der Waals surface area contributed by atoms with Crippen molar-refractivity contribution in [3.8, 4) is 11.2 Å². The number of carbonyl (C=O) groups is 1. The summed E-state index contributed by atoms with van der Waals surface area (Å²) in [5, 5.41) is 3.40. The molecule has 1 spiro atoms. The number of ether oxygens (including phenoxy) is 1. The van der Waals surface area contributed by atoms with E-state index in [4.69, 9.17) is 4.74 Å². The molecule has 0 radical (unpaired) electrons. The molecule has 118 valence electrons. The molecule has 0 aromatic heterocycles. The number of nitrogens with zero attached hydrogens (tertiary/aromatic N) is 1. The maximum atomic E-state index is 12.0. The van der Waals surface area contributed by atoms with Gasteiger partial charge in [-0.05, 0) is 43.4 Å². The second-order valence-corrected chi connectivity index (χ2v) is 11.4. The third-order valence-corrected chi connectivity index (χ3v) is 5.88.